The van der Waals surface area contributed by atoms with Crippen LogP contribution in [0.5, 0.6) is 0 Å². The van der Waals surface area contributed by atoms with Crippen LogP contribution in [0.25, 0.3) is 0 Å². The van der Waals surface area contributed by atoms with E-state index in [-0.39, 0.29) is 12.2 Å². The highest BCUT2D eigenvalue weighted by Crippen LogP contribution is 2.15. The number of aliphatic hydroxyl groups excluding tert-OH is 1. The van der Waals surface area contributed by atoms with Gasteiger partial charge in [0.15, 0.2) is 5.78 Å². The van der Waals surface area contributed by atoms with Crippen LogP contribution in [0, 0.1) is 5.92 Å². The highest BCUT2D eigenvalue weighted by atomic mass is 32.2. The summed E-state index contributed by atoms with van der Waals surface area (Å²) in [5.41, 5.74) is 5.38. The predicted molar refractivity (Wildman–Crippen MR) is 63.2 cm³/mol. The number of hydrogen-bond acceptors (Lipinski definition) is 6. The van der Waals surface area contributed by atoms with E-state index in [1.54, 1.807) is 11.8 Å². The lowest BCUT2D eigenvalue weighted by Crippen LogP contribution is -2.36. The number of ether oxygens (including phenoxy) is 1. The Labute approximate surface area is 99.7 Å². The van der Waals surface area contributed by atoms with Crippen molar-refractivity contribution in [1.29, 1.82) is 0 Å². The molecule has 0 aromatic heterocycles. The van der Waals surface area contributed by atoms with Gasteiger partial charge in [-0.15, -0.1) is 0 Å². The van der Waals surface area contributed by atoms with Crippen LogP contribution in [-0.4, -0.2) is 48.6 Å². The summed E-state index contributed by atoms with van der Waals surface area (Å²) in [6.07, 6.45) is 2.54. The first-order valence-electron chi connectivity index (χ1n) is 5.02. The summed E-state index contributed by atoms with van der Waals surface area (Å²) < 4.78 is 4.62. The topological polar surface area (TPSA) is 89.6 Å². The van der Waals surface area contributed by atoms with Crippen LogP contribution in [0.15, 0.2) is 0 Å². The van der Waals surface area contributed by atoms with Crippen LogP contribution in [0.2, 0.25) is 0 Å². The minimum Gasteiger partial charge on any atom is -0.469 e. The van der Waals surface area contributed by atoms with E-state index in [0.29, 0.717) is 6.42 Å². The van der Waals surface area contributed by atoms with Crippen LogP contribution < -0.4 is 5.73 Å². The molecule has 0 aromatic carbocycles. The Bertz CT molecular complexity index is 235. The van der Waals surface area contributed by atoms with Crippen molar-refractivity contribution in [1.82, 2.24) is 0 Å². The molecule has 0 saturated heterocycles. The number of carbonyl (C=O) groups excluding carboxylic acids is 2. The van der Waals surface area contributed by atoms with Gasteiger partial charge in [0, 0.05) is 6.42 Å². The van der Waals surface area contributed by atoms with Gasteiger partial charge < -0.3 is 15.6 Å². The third-order valence-corrected chi connectivity index (χ3v) is 2.91. The van der Waals surface area contributed by atoms with Gasteiger partial charge in [0.2, 0.25) is 0 Å². The number of rotatable bonds is 8. The smallest absolute Gasteiger partial charge is 0.309 e. The minimum absolute atomic E-state index is 0.0367. The lowest BCUT2D eigenvalue weighted by atomic mass is 9.97. The molecule has 0 saturated carbocycles. The van der Waals surface area contributed by atoms with E-state index >= 15 is 0 Å². The molecule has 0 heterocycles. The van der Waals surface area contributed by atoms with Crippen LogP contribution in [-0.2, 0) is 14.3 Å². The van der Waals surface area contributed by atoms with Crippen molar-refractivity contribution in [2.75, 3.05) is 25.7 Å². The average molecular weight is 249 g/mol. The summed E-state index contributed by atoms with van der Waals surface area (Å²) in [5.74, 6) is -0.379. The molecular weight excluding hydrogens is 230 g/mol. The molecule has 6 heteroatoms. The minimum atomic E-state index is -0.901. The van der Waals surface area contributed by atoms with E-state index in [1.807, 2.05) is 6.26 Å². The molecule has 94 valence electrons. The Morgan fingerprint density at radius 3 is 2.56 bits per heavy atom. The molecule has 0 aromatic rings. The molecule has 0 radical (unpaired) electrons. The zero-order valence-electron chi connectivity index (χ0n) is 9.64. The van der Waals surface area contributed by atoms with Gasteiger partial charge in [-0.1, -0.05) is 0 Å². The standard InChI is InChI=1S/C10H19NO4S/c1-15-10(14)7(3-4-16-2)5-9(13)8(11)6-12/h7-8,12H,3-6,11H2,1-2H3/t7-,8+/m1/s1. The quantitative estimate of drug-likeness (QED) is 0.579. The van der Waals surface area contributed by atoms with Crippen molar-refractivity contribution in [3.63, 3.8) is 0 Å². The first-order valence-corrected chi connectivity index (χ1v) is 6.42. The summed E-state index contributed by atoms with van der Waals surface area (Å²) in [6.45, 7) is -0.394. The number of methoxy groups -OCH3 is 1. The Balaban J connectivity index is 4.30. The van der Waals surface area contributed by atoms with Gasteiger partial charge in [-0.05, 0) is 18.4 Å². The molecule has 0 aliphatic heterocycles. The molecule has 0 aliphatic carbocycles. The molecule has 0 fully saturated rings. The number of thioether (sulfide) groups is 1. The second-order valence-corrected chi connectivity index (χ2v) is 4.45. The molecule has 0 amide bonds. The van der Waals surface area contributed by atoms with Crippen molar-refractivity contribution in [2.45, 2.75) is 18.9 Å². The maximum absolute atomic E-state index is 11.5. The second kappa shape index (κ2) is 8.55. The summed E-state index contributed by atoms with van der Waals surface area (Å²) in [6, 6.07) is -0.901. The zero-order chi connectivity index (χ0) is 12.6. The average Bonchev–Trinajstić information content (AvgIpc) is 2.31. The molecule has 5 nitrogen and oxygen atoms in total. The fourth-order valence-corrected chi connectivity index (χ4v) is 1.75. The number of nitrogens with two attached hydrogens (primary N) is 1. The van der Waals surface area contributed by atoms with Crippen molar-refractivity contribution < 1.29 is 19.4 Å². The fraction of sp³-hybridized carbons (Fsp3) is 0.800. The fourth-order valence-electron chi connectivity index (χ4n) is 1.23. The van der Waals surface area contributed by atoms with Crippen molar-refractivity contribution >= 4 is 23.5 Å². The summed E-state index contributed by atoms with van der Waals surface area (Å²) >= 11 is 1.60. The highest BCUT2D eigenvalue weighted by Gasteiger charge is 2.24. The third-order valence-electron chi connectivity index (χ3n) is 2.26. The number of hydrogen-bond donors (Lipinski definition) is 2. The Morgan fingerprint density at radius 1 is 1.50 bits per heavy atom. The van der Waals surface area contributed by atoms with E-state index in [2.05, 4.69) is 4.74 Å². The maximum Gasteiger partial charge on any atom is 0.309 e. The monoisotopic (exact) mass is 249 g/mol. The Kier molecular flexibility index (Phi) is 8.23. The first kappa shape index (κ1) is 15.4. The van der Waals surface area contributed by atoms with Gasteiger partial charge in [0.05, 0.1) is 25.7 Å². The summed E-state index contributed by atoms with van der Waals surface area (Å²) in [7, 11) is 1.30. The lowest BCUT2D eigenvalue weighted by molar-refractivity contribution is -0.147. The number of aliphatic hydroxyl groups is 1. The van der Waals surface area contributed by atoms with Crippen molar-refractivity contribution in [2.24, 2.45) is 11.7 Å². The van der Waals surface area contributed by atoms with Crippen LogP contribution >= 0.6 is 11.8 Å². The van der Waals surface area contributed by atoms with E-state index in [9.17, 15) is 9.59 Å². The highest BCUT2D eigenvalue weighted by molar-refractivity contribution is 7.98. The molecule has 0 unspecified atom stereocenters. The van der Waals surface area contributed by atoms with Gasteiger partial charge in [0.1, 0.15) is 0 Å². The number of ketones is 1. The molecule has 2 atom stereocenters. The van der Waals surface area contributed by atoms with Gasteiger partial charge in [-0.3, -0.25) is 9.59 Å². The maximum atomic E-state index is 11.5. The SMILES string of the molecule is COC(=O)[C@H](CCSC)CC(=O)[C@@H](N)CO. The largest absolute Gasteiger partial charge is 0.469 e. The summed E-state index contributed by atoms with van der Waals surface area (Å²) in [4.78, 5) is 22.8. The lowest BCUT2D eigenvalue weighted by Gasteiger charge is -2.15. The Morgan fingerprint density at radius 2 is 2.12 bits per heavy atom. The predicted octanol–water partition coefficient (Wildman–Crippen LogP) is -0.192. The van der Waals surface area contributed by atoms with Gasteiger partial charge >= 0.3 is 5.97 Å². The zero-order valence-corrected chi connectivity index (χ0v) is 10.5. The normalized spacial score (nSPS) is 14.2. The molecular formula is C10H19NO4S. The second-order valence-electron chi connectivity index (χ2n) is 3.46. The van der Waals surface area contributed by atoms with E-state index in [1.165, 1.54) is 7.11 Å². The van der Waals surface area contributed by atoms with Crippen molar-refractivity contribution in [3.05, 3.63) is 0 Å². The van der Waals surface area contributed by atoms with Gasteiger partial charge in [0.25, 0.3) is 0 Å². The number of carbonyl (C=O) groups is 2. The Hall–Kier alpha value is -0.590. The van der Waals surface area contributed by atoms with Crippen molar-refractivity contribution in [3.8, 4) is 0 Å². The molecule has 0 aliphatic rings. The molecule has 0 bridgehead atoms. The van der Waals surface area contributed by atoms with E-state index < -0.39 is 24.5 Å². The van der Waals surface area contributed by atoms with Gasteiger partial charge in [-0.2, -0.15) is 11.8 Å². The molecule has 0 rings (SSSR count). The van der Waals surface area contributed by atoms with Gasteiger partial charge in [-0.25, -0.2) is 0 Å². The number of Topliss-reactive ketones (excluding diaryl/α,β-unsaturated/α-hetero) is 1. The molecule has 16 heavy (non-hydrogen) atoms. The molecule has 3 N–H and O–H groups in total. The first-order chi connectivity index (χ1) is 7.56. The van der Waals surface area contributed by atoms with E-state index in [4.69, 9.17) is 10.8 Å². The van der Waals surface area contributed by atoms with Crippen LogP contribution in [0.1, 0.15) is 12.8 Å². The summed E-state index contributed by atoms with van der Waals surface area (Å²) in [5, 5.41) is 8.72. The van der Waals surface area contributed by atoms with Crippen LogP contribution in [0.4, 0.5) is 0 Å². The molecule has 0 spiro atoms. The van der Waals surface area contributed by atoms with E-state index in [0.717, 1.165) is 5.75 Å². The third kappa shape index (κ3) is 5.48. The van der Waals surface area contributed by atoms with Crippen LogP contribution in [0.3, 0.4) is 0 Å². The number of esters is 1.